The van der Waals surface area contributed by atoms with Gasteiger partial charge in [0.05, 0.1) is 11.6 Å². The average molecular weight is 600 g/mol. The van der Waals surface area contributed by atoms with Gasteiger partial charge in [0.1, 0.15) is 12.1 Å². The predicted octanol–water partition coefficient (Wildman–Crippen LogP) is 0.632. The Kier molecular flexibility index (Phi) is 5.91. The number of likely N-dealkylation sites (tertiary alicyclic amines) is 1. The highest BCUT2D eigenvalue weighted by molar-refractivity contribution is 5.97. The van der Waals surface area contributed by atoms with E-state index in [1.165, 1.54) is 11.8 Å². The third kappa shape index (κ3) is 3.67. The van der Waals surface area contributed by atoms with Gasteiger partial charge in [-0.3, -0.25) is 28.9 Å². The van der Waals surface area contributed by atoms with Gasteiger partial charge in [-0.25, -0.2) is 0 Å². The maximum Gasteiger partial charge on any atom is 0.280 e. The Hall–Kier alpha value is -3.77. The van der Waals surface area contributed by atoms with Crippen molar-refractivity contribution < 1.29 is 29.3 Å². The maximum absolute atomic E-state index is 14.2. The lowest BCUT2D eigenvalue weighted by molar-refractivity contribution is -0.315. The first-order chi connectivity index (χ1) is 21.0. The highest BCUT2D eigenvalue weighted by Gasteiger charge is 2.70. The quantitative estimate of drug-likeness (QED) is 0.396. The predicted molar refractivity (Wildman–Crippen MR) is 158 cm³/mol. The summed E-state index contributed by atoms with van der Waals surface area (Å²) in [4.78, 5) is 46.8. The number of allylic oxidation sites excluding steroid dienone is 2. The van der Waals surface area contributed by atoms with E-state index in [0.29, 0.717) is 44.5 Å². The number of carbonyl (C=O) groups is 3. The molecule has 4 saturated heterocycles. The second kappa shape index (κ2) is 9.37. The fourth-order valence-corrected chi connectivity index (χ4v) is 8.62. The summed E-state index contributed by atoms with van der Waals surface area (Å²) in [5.41, 5.74) is 1.19. The minimum Gasteiger partial charge on any atom is -0.375 e. The van der Waals surface area contributed by atoms with E-state index in [2.05, 4.69) is 15.5 Å². The Labute approximate surface area is 255 Å². The van der Waals surface area contributed by atoms with E-state index in [9.17, 15) is 24.6 Å². The molecule has 0 bridgehead atoms. The molecule has 0 aromatic heterocycles. The highest BCUT2D eigenvalue weighted by atomic mass is 16.7. The van der Waals surface area contributed by atoms with Crippen LogP contribution in [0.3, 0.4) is 0 Å². The number of rotatable bonds is 4. The van der Waals surface area contributed by atoms with Crippen molar-refractivity contribution in [3.8, 4) is 0 Å². The molecule has 230 valence electrons. The number of likely N-dealkylation sites (N-methyl/N-ethyl adjacent to an activating group) is 1. The van der Waals surface area contributed by atoms with Gasteiger partial charge < -0.3 is 25.7 Å². The zero-order valence-corrected chi connectivity index (χ0v) is 24.8. The van der Waals surface area contributed by atoms with Crippen molar-refractivity contribution in [2.45, 2.75) is 74.4 Å². The second-order valence-electron chi connectivity index (χ2n) is 13.3. The molecule has 4 fully saturated rings. The summed E-state index contributed by atoms with van der Waals surface area (Å²) in [6.45, 7) is 2.39. The van der Waals surface area contributed by atoms with Gasteiger partial charge in [-0.05, 0) is 68.0 Å². The number of piperazine rings is 1. The molecule has 1 aromatic rings. The third-order valence-electron chi connectivity index (χ3n) is 10.7. The van der Waals surface area contributed by atoms with Gasteiger partial charge in [-0.1, -0.05) is 42.5 Å². The number of benzene rings is 1. The Morgan fingerprint density at radius 2 is 1.98 bits per heavy atom. The summed E-state index contributed by atoms with van der Waals surface area (Å²) >= 11 is 0. The topological polar surface area (TPSA) is 135 Å². The molecule has 7 aliphatic rings. The molecule has 11 heteroatoms. The molecule has 1 aromatic carbocycles. The van der Waals surface area contributed by atoms with Gasteiger partial charge >= 0.3 is 0 Å². The van der Waals surface area contributed by atoms with Crippen LogP contribution in [0.1, 0.15) is 38.2 Å². The first kappa shape index (κ1) is 27.8. The van der Waals surface area contributed by atoms with Crippen LogP contribution in [0.15, 0.2) is 77.2 Å². The third-order valence-corrected chi connectivity index (χ3v) is 10.7. The SMILES string of the molecule is CN1C[C@H](C(=O)NC2(C)OC3(O)[C@@H]4CCCN4C(=O)C(Cc4ccccc4)N3C2=O)CC2=C3C=CC=C4NC=C(C[C@H]21)C43O. The lowest BCUT2D eigenvalue weighted by atomic mass is 9.68. The molecular formula is C33H37N5O6. The van der Waals surface area contributed by atoms with E-state index in [4.69, 9.17) is 4.74 Å². The van der Waals surface area contributed by atoms with Crippen molar-refractivity contribution >= 4 is 17.7 Å². The van der Waals surface area contributed by atoms with Crippen LogP contribution in [0, 0.1) is 5.92 Å². The van der Waals surface area contributed by atoms with E-state index >= 15 is 0 Å². The number of amides is 3. The zero-order valence-electron chi connectivity index (χ0n) is 24.8. The van der Waals surface area contributed by atoms with Crippen molar-refractivity contribution in [3.05, 3.63) is 82.7 Å². The number of nitrogens with zero attached hydrogens (tertiary/aromatic N) is 3. The summed E-state index contributed by atoms with van der Waals surface area (Å²) in [5.74, 6) is -3.84. The fraction of sp³-hybridized carbons (Fsp3) is 0.485. The summed E-state index contributed by atoms with van der Waals surface area (Å²) in [5, 5.41) is 29.9. The number of ether oxygens (including phenoxy) is 1. The zero-order chi connectivity index (χ0) is 30.6. The first-order valence-electron chi connectivity index (χ1n) is 15.5. The van der Waals surface area contributed by atoms with Crippen LogP contribution in [-0.2, 0) is 25.5 Å². The van der Waals surface area contributed by atoms with E-state index in [1.807, 2.05) is 61.8 Å². The van der Waals surface area contributed by atoms with Crippen molar-refractivity contribution in [1.29, 1.82) is 0 Å². The normalized spacial score (nSPS) is 38.9. The van der Waals surface area contributed by atoms with E-state index in [0.717, 1.165) is 22.3 Å². The smallest absolute Gasteiger partial charge is 0.280 e. The Morgan fingerprint density at radius 3 is 2.77 bits per heavy atom. The van der Waals surface area contributed by atoms with Crippen LogP contribution in [0.4, 0.5) is 0 Å². The standard InChI is InChI=1S/C33H37N5O6/c1-31(30(41)38-25(14-19-8-4-3-5-9-19)29(40)37-13-7-12-27(37)33(38,43)44-31)35-28(39)20-15-22-23-10-6-11-26-32(23,42)21(17-34-26)16-24(22)36(2)18-20/h3-6,8-11,17,20,24-25,27,34,42-43H,7,12-16,18H2,1-2H3,(H,35,39)/t20-,24-,25?,27+,31?,32?,33?/m1/s1. The van der Waals surface area contributed by atoms with E-state index in [-0.39, 0.29) is 24.3 Å². The van der Waals surface area contributed by atoms with E-state index in [1.54, 1.807) is 4.90 Å². The Morgan fingerprint density at radius 1 is 1.18 bits per heavy atom. The maximum atomic E-state index is 14.2. The first-order valence-corrected chi connectivity index (χ1v) is 15.5. The molecule has 0 spiro atoms. The lowest BCUT2D eigenvalue weighted by Gasteiger charge is -2.48. The Balaban J connectivity index is 1.09. The molecule has 0 radical (unpaired) electrons. The molecular weight excluding hydrogens is 562 g/mol. The molecule has 4 N–H and O–H groups in total. The Bertz CT molecular complexity index is 1600. The largest absolute Gasteiger partial charge is 0.375 e. The second-order valence-corrected chi connectivity index (χ2v) is 13.3. The molecule has 7 atom stereocenters. The minimum absolute atomic E-state index is 0.0391. The number of hydrogen-bond donors (Lipinski definition) is 4. The molecule has 8 rings (SSSR count). The van der Waals surface area contributed by atoms with Gasteiger partial charge in [-0.2, -0.15) is 0 Å². The van der Waals surface area contributed by atoms with Crippen LogP contribution < -0.4 is 10.6 Å². The van der Waals surface area contributed by atoms with Gasteiger partial charge in [0.2, 0.25) is 17.5 Å². The van der Waals surface area contributed by atoms with Crippen molar-refractivity contribution in [2.75, 3.05) is 20.1 Å². The monoisotopic (exact) mass is 599 g/mol. The minimum atomic E-state index is -2.07. The fourth-order valence-electron chi connectivity index (χ4n) is 8.62. The van der Waals surface area contributed by atoms with Crippen LogP contribution >= 0.6 is 0 Å². The molecule has 5 heterocycles. The van der Waals surface area contributed by atoms with Crippen LogP contribution in [0.2, 0.25) is 0 Å². The summed E-state index contributed by atoms with van der Waals surface area (Å²) in [6, 6.07) is 7.74. The van der Waals surface area contributed by atoms with Gasteiger partial charge in [0.15, 0.2) is 5.60 Å². The van der Waals surface area contributed by atoms with Gasteiger partial charge in [-0.15, -0.1) is 0 Å². The molecule has 11 nitrogen and oxygen atoms in total. The summed E-state index contributed by atoms with van der Waals surface area (Å²) < 4.78 is 6.22. The van der Waals surface area contributed by atoms with Crippen molar-refractivity contribution in [3.63, 3.8) is 0 Å². The lowest BCUT2D eigenvalue weighted by Crippen LogP contribution is -2.71. The highest BCUT2D eigenvalue weighted by Crippen LogP contribution is 2.51. The van der Waals surface area contributed by atoms with Gasteiger partial charge in [0.25, 0.3) is 11.8 Å². The number of hydrogen-bond acceptors (Lipinski definition) is 8. The number of nitrogens with one attached hydrogen (secondary N) is 2. The number of aliphatic hydroxyl groups is 2. The van der Waals surface area contributed by atoms with Crippen LogP contribution in [0.5, 0.6) is 0 Å². The average Bonchev–Trinajstić information content (AvgIpc) is 3.67. The number of piperidine rings is 1. The van der Waals surface area contributed by atoms with E-state index < -0.39 is 41.1 Å². The summed E-state index contributed by atoms with van der Waals surface area (Å²) in [7, 11) is 1.97. The van der Waals surface area contributed by atoms with Crippen molar-refractivity contribution in [2.24, 2.45) is 5.92 Å². The summed E-state index contributed by atoms with van der Waals surface area (Å²) in [6.07, 6.45) is 10.0. The molecule has 44 heavy (non-hydrogen) atoms. The molecule has 0 saturated carbocycles. The molecule has 4 unspecified atom stereocenters. The molecule has 3 amide bonds. The van der Waals surface area contributed by atoms with Gasteiger partial charge in [0, 0.05) is 31.8 Å². The molecule has 5 aliphatic heterocycles. The van der Waals surface area contributed by atoms with Crippen molar-refractivity contribution in [1.82, 2.24) is 25.3 Å². The number of fused-ring (bicyclic) bond motifs is 4. The van der Waals surface area contributed by atoms with Crippen LogP contribution in [-0.4, -0.2) is 98.1 Å². The molecule has 2 aliphatic carbocycles. The number of carbonyl (C=O) groups excluding carboxylic acids is 3. The van der Waals surface area contributed by atoms with Crippen LogP contribution in [0.25, 0.3) is 0 Å².